The lowest BCUT2D eigenvalue weighted by Crippen LogP contribution is -2.17. The number of aromatic nitrogens is 6. The Morgan fingerprint density at radius 3 is 2.50 bits per heavy atom. The highest BCUT2D eigenvalue weighted by Crippen LogP contribution is 2.21. The summed E-state index contributed by atoms with van der Waals surface area (Å²) in [5, 5.41) is 20.7. The van der Waals surface area contributed by atoms with Crippen LogP contribution in [0.3, 0.4) is 0 Å². The van der Waals surface area contributed by atoms with E-state index >= 15 is 0 Å². The SMILES string of the molecule is CC(C)(C)c1nnc2ccc(NCc3ccc(-n4cccn4)cc3)nn12. The van der Waals surface area contributed by atoms with Crippen molar-refractivity contribution in [3.05, 3.63) is 66.2 Å². The molecule has 0 atom stereocenters. The van der Waals surface area contributed by atoms with E-state index in [1.807, 2.05) is 33.6 Å². The van der Waals surface area contributed by atoms with E-state index in [9.17, 15) is 0 Å². The van der Waals surface area contributed by atoms with Crippen molar-refractivity contribution < 1.29 is 0 Å². The van der Waals surface area contributed by atoms with Crippen LogP contribution in [0.1, 0.15) is 32.2 Å². The molecule has 0 radical (unpaired) electrons. The molecule has 0 saturated heterocycles. The summed E-state index contributed by atoms with van der Waals surface area (Å²) < 4.78 is 3.65. The van der Waals surface area contributed by atoms with Gasteiger partial charge < -0.3 is 5.32 Å². The molecule has 0 saturated carbocycles. The van der Waals surface area contributed by atoms with Gasteiger partial charge in [0.05, 0.1) is 5.69 Å². The van der Waals surface area contributed by atoms with Crippen molar-refractivity contribution in [3.63, 3.8) is 0 Å². The fourth-order valence-electron chi connectivity index (χ4n) is 2.73. The Morgan fingerprint density at radius 1 is 1.00 bits per heavy atom. The van der Waals surface area contributed by atoms with Gasteiger partial charge in [0, 0.05) is 24.4 Å². The number of nitrogens with one attached hydrogen (secondary N) is 1. The van der Waals surface area contributed by atoms with Gasteiger partial charge in [-0.05, 0) is 35.9 Å². The number of rotatable bonds is 4. The van der Waals surface area contributed by atoms with Gasteiger partial charge in [0.25, 0.3) is 0 Å². The summed E-state index contributed by atoms with van der Waals surface area (Å²) >= 11 is 0. The summed E-state index contributed by atoms with van der Waals surface area (Å²) in [6.07, 6.45) is 3.70. The normalized spacial score (nSPS) is 11.8. The minimum absolute atomic E-state index is 0.118. The summed E-state index contributed by atoms with van der Waals surface area (Å²) in [5.74, 6) is 1.64. The number of fused-ring (bicyclic) bond motifs is 1. The predicted molar refractivity (Wildman–Crippen MR) is 100 cm³/mol. The van der Waals surface area contributed by atoms with Crippen LogP contribution in [0.2, 0.25) is 0 Å². The highest BCUT2D eigenvalue weighted by molar-refractivity contribution is 5.45. The largest absolute Gasteiger partial charge is 0.365 e. The quantitative estimate of drug-likeness (QED) is 0.614. The first-order valence-electron chi connectivity index (χ1n) is 8.56. The van der Waals surface area contributed by atoms with Gasteiger partial charge in [0.2, 0.25) is 0 Å². The molecule has 0 amide bonds. The molecule has 3 heterocycles. The molecular weight excluding hydrogens is 326 g/mol. The summed E-state index contributed by atoms with van der Waals surface area (Å²) in [5.41, 5.74) is 2.84. The molecule has 0 bridgehead atoms. The molecule has 3 aromatic heterocycles. The highest BCUT2D eigenvalue weighted by atomic mass is 15.4. The maximum Gasteiger partial charge on any atom is 0.178 e. The molecule has 0 fully saturated rings. The number of benzene rings is 1. The predicted octanol–water partition coefficient (Wildman–Crippen LogP) is 3.22. The second kappa shape index (κ2) is 6.25. The van der Waals surface area contributed by atoms with E-state index in [1.54, 1.807) is 6.20 Å². The van der Waals surface area contributed by atoms with Gasteiger partial charge in [-0.25, -0.2) is 4.68 Å². The zero-order valence-corrected chi connectivity index (χ0v) is 15.1. The average Bonchev–Trinajstić information content (AvgIpc) is 3.29. The van der Waals surface area contributed by atoms with Crippen LogP contribution in [0.15, 0.2) is 54.9 Å². The van der Waals surface area contributed by atoms with Gasteiger partial charge in [0.15, 0.2) is 11.5 Å². The molecule has 4 rings (SSSR count). The van der Waals surface area contributed by atoms with Gasteiger partial charge in [-0.2, -0.15) is 9.61 Å². The summed E-state index contributed by atoms with van der Waals surface area (Å²) in [6, 6.07) is 14.0. The fourth-order valence-corrected chi connectivity index (χ4v) is 2.73. The maximum atomic E-state index is 4.64. The molecule has 0 spiro atoms. The van der Waals surface area contributed by atoms with Crippen molar-refractivity contribution >= 4 is 11.5 Å². The Bertz CT molecular complexity index is 1010. The Morgan fingerprint density at radius 2 is 1.81 bits per heavy atom. The van der Waals surface area contributed by atoms with E-state index in [0.29, 0.717) is 6.54 Å². The molecule has 4 aromatic rings. The molecule has 26 heavy (non-hydrogen) atoms. The molecule has 7 nitrogen and oxygen atoms in total. The van der Waals surface area contributed by atoms with Gasteiger partial charge in [0.1, 0.15) is 5.82 Å². The molecule has 132 valence electrons. The van der Waals surface area contributed by atoms with E-state index in [4.69, 9.17) is 0 Å². The molecular formula is C19H21N7. The third-order valence-corrected chi connectivity index (χ3v) is 4.11. The molecule has 1 aromatic carbocycles. The van der Waals surface area contributed by atoms with Crippen LogP contribution in [-0.4, -0.2) is 29.6 Å². The van der Waals surface area contributed by atoms with Crippen LogP contribution < -0.4 is 5.32 Å². The molecule has 0 aliphatic heterocycles. The van der Waals surface area contributed by atoms with Crippen LogP contribution in [-0.2, 0) is 12.0 Å². The van der Waals surface area contributed by atoms with Crippen molar-refractivity contribution in [2.24, 2.45) is 0 Å². The number of hydrogen-bond donors (Lipinski definition) is 1. The first-order chi connectivity index (χ1) is 12.5. The van der Waals surface area contributed by atoms with Crippen molar-refractivity contribution in [2.45, 2.75) is 32.7 Å². The Kier molecular flexibility index (Phi) is 3.91. The van der Waals surface area contributed by atoms with Gasteiger partial charge in [-0.3, -0.25) is 0 Å². The van der Waals surface area contributed by atoms with Crippen molar-refractivity contribution in [1.29, 1.82) is 0 Å². The second-order valence-electron chi connectivity index (χ2n) is 7.23. The van der Waals surface area contributed by atoms with Crippen molar-refractivity contribution in [2.75, 3.05) is 5.32 Å². The fraction of sp³-hybridized carbons (Fsp3) is 0.263. The molecule has 7 heteroatoms. The Balaban J connectivity index is 1.51. The van der Waals surface area contributed by atoms with Crippen LogP contribution in [0.5, 0.6) is 0 Å². The smallest absolute Gasteiger partial charge is 0.178 e. The van der Waals surface area contributed by atoms with Crippen LogP contribution >= 0.6 is 0 Å². The van der Waals surface area contributed by atoms with Gasteiger partial charge >= 0.3 is 0 Å². The van der Waals surface area contributed by atoms with Crippen LogP contribution in [0.25, 0.3) is 11.3 Å². The third-order valence-electron chi connectivity index (χ3n) is 4.11. The molecule has 0 unspecified atom stereocenters. The van der Waals surface area contributed by atoms with Gasteiger partial charge in [-0.1, -0.05) is 32.9 Å². The van der Waals surface area contributed by atoms with E-state index in [0.717, 1.165) is 23.0 Å². The summed E-state index contributed by atoms with van der Waals surface area (Å²) in [6.45, 7) is 7.00. The lowest BCUT2D eigenvalue weighted by Gasteiger charge is -2.15. The van der Waals surface area contributed by atoms with E-state index < -0.39 is 0 Å². The average molecular weight is 347 g/mol. The first kappa shape index (κ1) is 16.3. The number of nitrogens with zero attached hydrogens (tertiary/aromatic N) is 6. The third kappa shape index (κ3) is 3.15. The molecule has 0 aliphatic carbocycles. The van der Waals surface area contributed by atoms with Crippen molar-refractivity contribution in [1.82, 2.24) is 29.6 Å². The molecule has 1 N–H and O–H groups in total. The molecule has 0 aliphatic rings. The maximum absolute atomic E-state index is 4.64. The Hall–Kier alpha value is -3.22. The lowest BCUT2D eigenvalue weighted by atomic mass is 9.96. The minimum atomic E-state index is -0.118. The first-order valence-corrected chi connectivity index (χ1v) is 8.56. The van der Waals surface area contributed by atoms with E-state index in [2.05, 4.69) is 70.7 Å². The lowest BCUT2D eigenvalue weighted by molar-refractivity contribution is 0.527. The zero-order chi connectivity index (χ0) is 18.1. The van der Waals surface area contributed by atoms with E-state index in [-0.39, 0.29) is 5.41 Å². The number of anilines is 1. The monoisotopic (exact) mass is 347 g/mol. The second-order valence-corrected chi connectivity index (χ2v) is 7.23. The zero-order valence-electron chi connectivity index (χ0n) is 15.1. The highest BCUT2D eigenvalue weighted by Gasteiger charge is 2.21. The number of hydrogen-bond acceptors (Lipinski definition) is 5. The van der Waals surface area contributed by atoms with Crippen molar-refractivity contribution in [3.8, 4) is 5.69 Å². The Labute approximate surface area is 151 Å². The standard InChI is InChI=1S/C19H21N7/c1-19(2,3)18-23-22-17-10-9-16(24-26(17)18)20-13-14-5-7-15(8-6-14)25-12-4-11-21-25/h4-12H,13H2,1-3H3,(H,20,24). The topological polar surface area (TPSA) is 72.9 Å². The summed E-state index contributed by atoms with van der Waals surface area (Å²) in [4.78, 5) is 0. The summed E-state index contributed by atoms with van der Waals surface area (Å²) in [7, 11) is 0. The van der Waals surface area contributed by atoms with Crippen LogP contribution in [0.4, 0.5) is 5.82 Å². The van der Waals surface area contributed by atoms with Crippen LogP contribution in [0, 0.1) is 0 Å². The van der Waals surface area contributed by atoms with E-state index in [1.165, 1.54) is 5.56 Å². The minimum Gasteiger partial charge on any atom is -0.365 e. The van der Waals surface area contributed by atoms with Gasteiger partial charge in [-0.15, -0.1) is 15.3 Å².